The van der Waals surface area contributed by atoms with E-state index in [0.29, 0.717) is 5.75 Å². The van der Waals surface area contributed by atoms with Gasteiger partial charge in [-0.2, -0.15) is 0 Å². The first-order chi connectivity index (χ1) is 12.3. The molecule has 1 fully saturated rings. The first-order valence-corrected chi connectivity index (χ1v) is 9.74. The number of thiophene rings is 1. The highest BCUT2D eigenvalue weighted by atomic mass is 32.1. The Balaban J connectivity index is 1.55. The zero-order valence-electron chi connectivity index (χ0n) is 14.7. The van der Waals surface area contributed by atoms with Crippen molar-refractivity contribution in [3.63, 3.8) is 0 Å². The molecule has 1 aromatic carbocycles. The molecule has 134 valence electrons. The van der Waals surface area contributed by atoms with Gasteiger partial charge in [-0.05, 0) is 48.6 Å². The Bertz CT molecular complexity index is 678. The number of aliphatic imine (C=N–C) groups is 1. The summed E-state index contributed by atoms with van der Waals surface area (Å²) in [6.07, 6.45) is 0.832. The fourth-order valence-corrected chi connectivity index (χ4v) is 3.80. The van der Waals surface area contributed by atoms with E-state index in [2.05, 4.69) is 39.6 Å². The molecular formula is C19H26N4OS. The Morgan fingerprint density at radius 2 is 2.04 bits per heavy atom. The Hall–Kier alpha value is -2.21. The standard InChI is InChI=1S/C19H26N4OS/c1-2-20-19(21-9-8-16-5-3-6-17(24)15-16)23-12-10-22(11-13-23)18-7-4-14-25-18/h3-7,14-15,24H,2,8-13H2,1H3,(H,20,21). The summed E-state index contributed by atoms with van der Waals surface area (Å²) in [6, 6.07) is 11.7. The highest BCUT2D eigenvalue weighted by molar-refractivity contribution is 7.14. The summed E-state index contributed by atoms with van der Waals surface area (Å²) in [5.74, 6) is 1.31. The van der Waals surface area contributed by atoms with Crippen LogP contribution >= 0.6 is 11.3 Å². The van der Waals surface area contributed by atoms with Crippen molar-refractivity contribution in [3.8, 4) is 5.75 Å². The predicted molar refractivity (Wildman–Crippen MR) is 106 cm³/mol. The summed E-state index contributed by atoms with van der Waals surface area (Å²) in [5.41, 5.74) is 1.11. The van der Waals surface area contributed by atoms with E-state index in [1.54, 1.807) is 17.4 Å². The van der Waals surface area contributed by atoms with Crippen molar-refractivity contribution in [1.29, 1.82) is 0 Å². The Labute approximate surface area is 153 Å². The van der Waals surface area contributed by atoms with Gasteiger partial charge in [0.1, 0.15) is 5.75 Å². The van der Waals surface area contributed by atoms with E-state index in [4.69, 9.17) is 4.99 Å². The summed E-state index contributed by atoms with van der Waals surface area (Å²) in [6.45, 7) is 7.71. The van der Waals surface area contributed by atoms with E-state index in [0.717, 1.165) is 57.2 Å². The number of anilines is 1. The summed E-state index contributed by atoms with van der Waals surface area (Å²) < 4.78 is 0. The third-order valence-electron chi connectivity index (χ3n) is 4.30. The minimum atomic E-state index is 0.318. The lowest BCUT2D eigenvalue weighted by atomic mass is 10.1. The fourth-order valence-electron chi connectivity index (χ4n) is 3.02. The highest BCUT2D eigenvalue weighted by Crippen LogP contribution is 2.22. The first kappa shape index (κ1) is 17.6. The van der Waals surface area contributed by atoms with Gasteiger partial charge in [0.15, 0.2) is 5.96 Å². The van der Waals surface area contributed by atoms with E-state index in [1.807, 2.05) is 18.2 Å². The summed E-state index contributed by atoms with van der Waals surface area (Å²) >= 11 is 1.80. The second-order valence-electron chi connectivity index (χ2n) is 6.08. The molecule has 2 aromatic rings. The van der Waals surface area contributed by atoms with Gasteiger partial charge in [0.25, 0.3) is 0 Å². The van der Waals surface area contributed by atoms with Crippen LogP contribution < -0.4 is 10.2 Å². The molecule has 0 atom stereocenters. The summed E-state index contributed by atoms with van der Waals surface area (Å²) in [4.78, 5) is 9.57. The number of piperazine rings is 1. The van der Waals surface area contributed by atoms with Gasteiger partial charge in [0.2, 0.25) is 0 Å². The first-order valence-electron chi connectivity index (χ1n) is 8.86. The molecular weight excluding hydrogens is 332 g/mol. The van der Waals surface area contributed by atoms with Crippen LogP contribution in [-0.2, 0) is 6.42 Å². The lowest BCUT2D eigenvalue weighted by Crippen LogP contribution is -2.52. The molecule has 1 aromatic heterocycles. The molecule has 0 bridgehead atoms. The quantitative estimate of drug-likeness (QED) is 0.637. The zero-order chi connectivity index (χ0) is 17.5. The van der Waals surface area contributed by atoms with Crippen LogP contribution in [0.2, 0.25) is 0 Å². The molecule has 2 N–H and O–H groups in total. The van der Waals surface area contributed by atoms with Crippen molar-refractivity contribution in [1.82, 2.24) is 10.2 Å². The number of rotatable bonds is 5. The lowest BCUT2D eigenvalue weighted by molar-refractivity contribution is 0.373. The Morgan fingerprint density at radius 3 is 2.72 bits per heavy atom. The van der Waals surface area contributed by atoms with Crippen molar-refractivity contribution in [3.05, 3.63) is 47.3 Å². The molecule has 5 nitrogen and oxygen atoms in total. The van der Waals surface area contributed by atoms with Gasteiger partial charge >= 0.3 is 0 Å². The molecule has 3 rings (SSSR count). The average molecular weight is 359 g/mol. The van der Waals surface area contributed by atoms with E-state index in [-0.39, 0.29) is 0 Å². The number of benzene rings is 1. The Morgan fingerprint density at radius 1 is 1.20 bits per heavy atom. The maximum atomic E-state index is 9.55. The number of nitrogens with zero attached hydrogens (tertiary/aromatic N) is 3. The minimum Gasteiger partial charge on any atom is -0.508 e. The maximum absolute atomic E-state index is 9.55. The second kappa shape index (κ2) is 8.76. The molecule has 1 aliphatic heterocycles. The molecule has 0 amide bonds. The van der Waals surface area contributed by atoms with Crippen molar-refractivity contribution in [2.75, 3.05) is 44.2 Å². The number of guanidine groups is 1. The van der Waals surface area contributed by atoms with Gasteiger partial charge in [-0.1, -0.05) is 12.1 Å². The zero-order valence-corrected chi connectivity index (χ0v) is 15.5. The second-order valence-corrected chi connectivity index (χ2v) is 7.01. The molecule has 0 spiro atoms. The molecule has 25 heavy (non-hydrogen) atoms. The van der Waals surface area contributed by atoms with Crippen molar-refractivity contribution >= 4 is 22.3 Å². The van der Waals surface area contributed by atoms with Gasteiger partial charge < -0.3 is 20.2 Å². The molecule has 0 saturated carbocycles. The third-order valence-corrected chi connectivity index (χ3v) is 5.23. The predicted octanol–water partition coefficient (Wildman–Crippen LogP) is 2.78. The van der Waals surface area contributed by atoms with Crippen LogP contribution in [0.15, 0.2) is 46.8 Å². The van der Waals surface area contributed by atoms with E-state index >= 15 is 0 Å². The normalized spacial score (nSPS) is 15.5. The average Bonchev–Trinajstić information content (AvgIpc) is 3.16. The molecule has 1 aliphatic rings. The van der Waals surface area contributed by atoms with E-state index < -0.39 is 0 Å². The smallest absolute Gasteiger partial charge is 0.194 e. The number of aromatic hydroxyl groups is 1. The molecule has 1 saturated heterocycles. The van der Waals surface area contributed by atoms with Crippen LogP contribution in [0.1, 0.15) is 12.5 Å². The fraction of sp³-hybridized carbons (Fsp3) is 0.421. The van der Waals surface area contributed by atoms with Gasteiger partial charge in [0, 0.05) is 39.3 Å². The number of hydrogen-bond donors (Lipinski definition) is 2. The van der Waals surface area contributed by atoms with Crippen LogP contribution in [0.4, 0.5) is 5.00 Å². The number of hydrogen-bond acceptors (Lipinski definition) is 4. The van der Waals surface area contributed by atoms with E-state index in [9.17, 15) is 5.11 Å². The van der Waals surface area contributed by atoms with Crippen LogP contribution in [-0.4, -0.2) is 55.2 Å². The lowest BCUT2D eigenvalue weighted by Gasteiger charge is -2.37. The highest BCUT2D eigenvalue weighted by Gasteiger charge is 2.20. The van der Waals surface area contributed by atoms with Crippen LogP contribution in [0, 0.1) is 0 Å². The molecule has 0 unspecified atom stereocenters. The monoisotopic (exact) mass is 358 g/mol. The Kier molecular flexibility index (Phi) is 6.17. The molecule has 2 heterocycles. The topological polar surface area (TPSA) is 51.1 Å². The number of phenols is 1. The van der Waals surface area contributed by atoms with Gasteiger partial charge in [-0.15, -0.1) is 11.3 Å². The summed E-state index contributed by atoms with van der Waals surface area (Å²) in [7, 11) is 0. The minimum absolute atomic E-state index is 0.318. The van der Waals surface area contributed by atoms with Crippen molar-refractivity contribution < 1.29 is 5.11 Å². The molecule has 0 aliphatic carbocycles. The van der Waals surface area contributed by atoms with Gasteiger partial charge in [-0.3, -0.25) is 4.99 Å². The molecule has 0 radical (unpaired) electrons. The van der Waals surface area contributed by atoms with E-state index in [1.165, 1.54) is 5.00 Å². The third kappa shape index (κ3) is 4.89. The van der Waals surface area contributed by atoms with Crippen LogP contribution in [0.5, 0.6) is 5.75 Å². The van der Waals surface area contributed by atoms with Gasteiger partial charge in [-0.25, -0.2) is 0 Å². The van der Waals surface area contributed by atoms with Crippen molar-refractivity contribution in [2.45, 2.75) is 13.3 Å². The SMILES string of the molecule is CCNC(=NCCc1cccc(O)c1)N1CCN(c2cccs2)CC1. The maximum Gasteiger partial charge on any atom is 0.194 e. The van der Waals surface area contributed by atoms with Crippen molar-refractivity contribution in [2.24, 2.45) is 4.99 Å². The largest absolute Gasteiger partial charge is 0.508 e. The van der Waals surface area contributed by atoms with Gasteiger partial charge in [0.05, 0.1) is 5.00 Å². The summed E-state index contributed by atoms with van der Waals surface area (Å²) in [5, 5.41) is 16.4. The number of phenolic OH excluding ortho intramolecular Hbond substituents is 1. The van der Waals surface area contributed by atoms with Crippen LogP contribution in [0.25, 0.3) is 0 Å². The van der Waals surface area contributed by atoms with Crippen LogP contribution in [0.3, 0.4) is 0 Å². The molecule has 6 heteroatoms. The number of nitrogens with one attached hydrogen (secondary N) is 1.